The maximum Gasteiger partial charge on any atom is 0.119 e. The number of benzene rings is 1. The molecule has 0 bridgehead atoms. The topological polar surface area (TPSA) is 20.2 Å². The van der Waals surface area contributed by atoms with Crippen LogP contribution in [-0.2, 0) is 12.8 Å². The number of aryl methyl sites for hydroxylation is 2. The first kappa shape index (κ1) is 24.1. The molecule has 1 N–H and O–H groups in total. The van der Waals surface area contributed by atoms with E-state index in [1.54, 1.807) is 0 Å². The van der Waals surface area contributed by atoms with Crippen LogP contribution in [0.1, 0.15) is 128 Å². The molecule has 1 nitrogen and oxygen atoms in total. The van der Waals surface area contributed by atoms with Crippen molar-refractivity contribution in [2.75, 3.05) is 0 Å². The van der Waals surface area contributed by atoms with Gasteiger partial charge < -0.3 is 5.11 Å². The molecule has 0 atom stereocenters. The zero-order chi connectivity index (χ0) is 19.6. The molecule has 156 valence electrons. The van der Waals surface area contributed by atoms with Gasteiger partial charge in [-0.1, -0.05) is 116 Å². The van der Waals surface area contributed by atoms with Crippen molar-refractivity contribution >= 4 is 0 Å². The Bertz CT molecular complexity index is 452. The summed E-state index contributed by atoms with van der Waals surface area (Å²) in [5.41, 5.74) is 2.43. The molecule has 0 aliphatic heterocycles. The molecule has 0 aliphatic carbocycles. The number of hydrogen-bond acceptors (Lipinski definition) is 1. The Morgan fingerprint density at radius 3 is 1.52 bits per heavy atom. The second kappa shape index (κ2) is 17.1. The fourth-order valence-corrected chi connectivity index (χ4v) is 3.89. The Morgan fingerprint density at radius 1 is 0.556 bits per heavy atom. The summed E-state index contributed by atoms with van der Waals surface area (Å²) in [6.45, 7) is 4.52. The van der Waals surface area contributed by atoms with E-state index in [2.05, 4.69) is 26.0 Å². The predicted molar refractivity (Wildman–Crippen MR) is 121 cm³/mol. The number of rotatable bonds is 18. The number of unbranched alkanes of at least 4 members (excludes halogenated alkanes) is 14. The predicted octanol–water partition coefficient (Wildman–Crippen LogP) is 8.76. The first-order chi connectivity index (χ1) is 13.3. The van der Waals surface area contributed by atoms with E-state index in [0.29, 0.717) is 5.75 Å². The van der Waals surface area contributed by atoms with E-state index in [1.807, 2.05) is 6.07 Å². The maximum atomic E-state index is 10.2. The minimum Gasteiger partial charge on any atom is -0.508 e. The first-order valence-electron chi connectivity index (χ1n) is 12.1. The summed E-state index contributed by atoms with van der Waals surface area (Å²) in [6, 6.07) is 6.39. The Balaban J connectivity index is 2.01. The van der Waals surface area contributed by atoms with Gasteiger partial charge in [-0.3, -0.25) is 0 Å². The van der Waals surface area contributed by atoms with Crippen molar-refractivity contribution in [1.29, 1.82) is 0 Å². The molecule has 0 saturated heterocycles. The van der Waals surface area contributed by atoms with Crippen LogP contribution >= 0.6 is 0 Å². The van der Waals surface area contributed by atoms with Gasteiger partial charge in [-0.2, -0.15) is 0 Å². The lowest BCUT2D eigenvalue weighted by molar-refractivity contribution is 0.465. The average Bonchev–Trinajstić information content (AvgIpc) is 2.67. The van der Waals surface area contributed by atoms with Gasteiger partial charge in [-0.25, -0.2) is 0 Å². The summed E-state index contributed by atoms with van der Waals surface area (Å²) in [7, 11) is 0. The van der Waals surface area contributed by atoms with E-state index in [9.17, 15) is 5.11 Å². The average molecular weight is 375 g/mol. The lowest BCUT2D eigenvalue weighted by Gasteiger charge is -2.08. The lowest BCUT2D eigenvalue weighted by atomic mass is 10.00. The Hall–Kier alpha value is -0.980. The van der Waals surface area contributed by atoms with E-state index in [-0.39, 0.29) is 0 Å². The van der Waals surface area contributed by atoms with Crippen molar-refractivity contribution in [3.63, 3.8) is 0 Å². The molecule has 0 heterocycles. The van der Waals surface area contributed by atoms with Crippen LogP contribution in [0, 0.1) is 0 Å². The second-order valence-electron chi connectivity index (χ2n) is 8.41. The molecule has 1 aromatic carbocycles. The molecule has 0 amide bonds. The lowest BCUT2D eigenvalue weighted by Crippen LogP contribution is -1.91. The molecule has 1 rings (SSSR count). The standard InChI is InChI=1S/C26H46O/c1-3-5-7-9-10-11-12-13-14-15-16-17-19-24-21-22-25(26(27)23-24)20-18-8-6-4-2/h21-23,27H,3-20H2,1-2H3. The Kier molecular flexibility index (Phi) is 15.3. The van der Waals surface area contributed by atoms with Crippen LogP contribution in [0.4, 0.5) is 0 Å². The zero-order valence-corrected chi connectivity index (χ0v) is 18.4. The van der Waals surface area contributed by atoms with E-state index < -0.39 is 0 Å². The summed E-state index contributed by atoms with van der Waals surface area (Å²) in [5, 5.41) is 10.2. The molecule has 0 unspecified atom stereocenters. The number of phenolic OH excluding ortho intramolecular Hbond substituents is 1. The van der Waals surface area contributed by atoms with Gasteiger partial charge in [0.05, 0.1) is 0 Å². The third-order valence-electron chi connectivity index (χ3n) is 5.77. The van der Waals surface area contributed by atoms with Crippen LogP contribution in [0.5, 0.6) is 5.75 Å². The van der Waals surface area contributed by atoms with Crippen molar-refractivity contribution in [2.24, 2.45) is 0 Å². The molecular weight excluding hydrogens is 328 g/mol. The first-order valence-corrected chi connectivity index (χ1v) is 12.1. The van der Waals surface area contributed by atoms with E-state index >= 15 is 0 Å². The molecule has 0 spiro atoms. The fraction of sp³-hybridized carbons (Fsp3) is 0.769. The SMILES string of the molecule is CCCCCCCCCCCCCCc1ccc(CCCCCC)c(O)c1. The van der Waals surface area contributed by atoms with Gasteiger partial charge in [0.15, 0.2) is 0 Å². The molecule has 1 heteroatoms. The van der Waals surface area contributed by atoms with Gasteiger partial charge in [0.1, 0.15) is 5.75 Å². The van der Waals surface area contributed by atoms with Crippen molar-refractivity contribution < 1.29 is 5.11 Å². The van der Waals surface area contributed by atoms with Crippen LogP contribution in [0.15, 0.2) is 18.2 Å². The maximum absolute atomic E-state index is 10.2. The quantitative estimate of drug-likeness (QED) is 0.255. The van der Waals surface area contributed by atoms with Gasteiger partial charge in [-0.05, 0) is 42.9 Å². The summed E-state index contributed by atoms with van der Waals surface area (Å²) in [6.07, 6.45) is 23.9. The summed E-state index contributed by atoms with van der Waals surface area (Å²) >= 11 is 0. The van der Waals surface area contributed by atoms with Crippen LogP contribution in [0.25, 0.3) is 0 Å². The van der Waals surface area contributed by atoms with Gasteiger partial charge in [0.2, 0.25) is 0 Å². The fourth-order valence-electron chi connectivity index (χ4n) is 3.89. The third kappa shape index (κ3) is 12.9. The monoisotopic (exact) mass is 374 g/mol. The van der Waals surface area contributed by atoms with Crippen LogP contribution in [0.2, 0.25) is 0 Å². The number of phenols is 1. The smallest absolute Gasteiger partial charge is 0.119 e. The molecule has 0 aromatic heterocycles. The molecule has 0 fully saturated rings. The summed E-state index contributed by atoms with van der Waals surface area (Å²) in [4.78, 5) is 0. The molecular formula is C26H46O. The second-order valence-corrected chi connectivity index (χ2v) is 8.41. The van der Waals surface area contributed by atoms with Crippen LogP contribution in [-0.4, -0.2) is 5.11 Å². The highest BCUT2D eigenvalue weighted by molar-refractivity contribution is 5.36. The van der Waals surface area contributed by atoms with Crippen LogP contribution < -0.4 is 0 Å². The summed E-state index contributed by atoms with van der Waals surface area (Å²) < 4.78 is 0. The van der Waals surface area contributed by atoms with Gasteiger partial charge >= 0.3 is 0 Å². The van der Waals surface area contributed by atoms with Crippen LogP contribution in [0.3, 0.4) is 0 Å². The normalized spacial score (nSPS) is 11.2. The third-order valence-corrected chi connectivity index (χ3v) is 5.77. The molecule has 0 aliphatic rings. The highest BCUT2D eigenvalue weighted by atomic mass is 16.3. The molecule has 27 heavy (non-hydrogen) atoms. The highest BCUT2D eigenvalue weighted by Crippen LogP contribution is 2.22. The number of hydrogen-bond donors (Lipinski definition) is 1. The van der Waals surface area contributed by atoms with Crippen molar-refractivity contribution in [3.8, 4) is 5.75 Å². The van der Waals surface area contributed by atoms with Crippen molar-refractivity contribution in [3.05, 3.63) is 29.3 Å². The minimum absolute atomic E-state index is 0.517. The van der Waals surface area contributed by atoms with Crippen molar-refractivity contribution in [2.45, 2.75) is 129 Å². The molecule has 0 radical (unpaired) electrons. The Morgan fingerprint density at radius 2 is 1.00 bits per heavy atom. The Labute approximate surface area is 170 Å². The van der Waals surface area contributed by atoms with Gasteiger partial charge in [0, 0.05) is 0 Å². The largest absolute Gasteiger partial charge is 0.508 e. The zero-order valence-electron chi connectivity index (χ0n) is 18.4. The van der Waals surface area contributed by atoms with Gasteiger partial charge in [-0.15, -0.1) is 0 Å². The number of aromatic hydroxyl groups is 1. The van der Waals surface area contributed by atoms with E-state index in [1.165, 1.54) is 108 Å². The molecule has 1 aromatic rings. The van der Waals surface area contributed by atoms with E-state index in [0.717, 1.165) is 18.4 Å². The summed E-state index contributed by atoms with van der Waals surface area (Å²) in [5.74, 6) is 0.517. The molecule has 0 saturated carbocycles. The minimum atomic E-state index is 0.517. The van der Waals surface area contributed by atoms with Crippen molar-refractivity contribution in [1.82, 2.24) is 0 Å². The van der Waals surface area contributed by atoms with Gasteiger partial charge in [0.25, 0.3) is 0 Å². The van der Waals surface area contributed by atoms with E-state index in [4.69, 9.17) is 0 Å². The highest BCUT2D eigenvalue weighted by Gasteiger charge is 2.03.